The molecule has 0 aliphatic carbocycles. The van der Waals surface area contributed by atoms with E-state index in [1.807, 2.05) is 0 Å². The van der Waals surface area contributed by atoms with Crippen LogP contribution in [0.3, 0.4) is 0 Å². The molecule has 0 atom stereocenters. The van der Waals surface area contributed by atoms with Crippen molar-refractivity contribution in [3.8, 4) is 5.75 Å². The second-order valence-corrected chi connectivity index (χ2v) is 7.14. The van der Waals surface area contributed by atoms with Gasteiger partial charge in [0.2, 0.25) is 5.91 Å². The lowest BCUT2D eigenvalue weighted by molar-refractivity contribution is -0.131. The molecule has 3 rings (SSSR count). The first-order chi connectivity index (χ1) is 14.3. The van der Waals surface area contributed by atoms with Crippen molar-refractivity contribution >= 4 is 34.4 Å². The van der Waals surface area contributed by atoms with E-state index >= 15 is 0 Å². The number of halogens is 2. The number of nitrogens with one attached hydrogen (secondary N) is 1. The summed E-state index contributed by atoms with van der Waals surface area (Å²) in [6.07, 6.45) is 0.142. The molecule has 0 aliphatic heterocycles. The Morgan fingerprint density at radius 1 is 1.23 bits per heavy atom. The molecule has 0 fully saturated rings. The highest BCUT2D eigenvalue weighted by Gasteiger charge is 2.17. The highest BCUT2D eigenvalue weighted by Crippen LogP contribution is 2.32. The highest BCUT2D eigenvalue weighted by molar-refractivity contribution is 6.33. The summed E-state index contributed by atoms with van der Waals surface area (Å²) in [7, 11) is 0. The third-order valence-electron chi connectivity index (χ3n) is 4.61. The van der Waals surface area contributed by atoms with Gasteiger partial charge in [0.15, 0.2) is 5.75 Å². The second-order valence-electron chi connectivity index (χ2n) is 6.73. The number of hydrogen-bond acceptors (Lipinski definition) is 5. The molecule has 0 saturated carbocycles. The van der Waals surface area contributed by atoms with E-state index in [0.717, 1.165) is 0 Å². The molecule has 2 aromatic carbocycles. The normalized spacial score (nSPS) is 10.8. The Balaban J connectivity index is 1.77. The third kappa shape index (κ3) is 4.86. The second kappa shape index (κ2) is 9.09. The zero-order valence-electron chi connectivity index (χ0n) is 16.4. The summed E-state index contributed by atoms with van der Waals surface area (Å²) >= 11 is 6.15. The van der Waals surface area contributed by atoms with Crippen molar-refractivity contribution in [2.75, 3.05) is 6.54 Å². The molecule has 0 radical (unpaired) electrons. The minimum Gasteiger partial charge on any atom is -0.425 e. The fraction of sp³-hybridized carbons (Fsp3) is 0.227. The molecule has 0 saturated heterocycles. The van der Waals surface area contributed by atoms with Crippen molar-refractivity contribution < 1.29 is 23.1 Å². The first-order valence-corrected chi connectivity index (χ1v) is 9.58. The SMILES string of the molecule is CC(=O)Oc1cc2oc(=O)c(CC(=O)NCCc3ccccc3F)c(C)c2cc1Cl. The van der Waals surface area contributed by atoms with Crippen molar-refractivity contribution in [1.82, 2.24) is 5.32 Å². The van der Waals surface area contributed by atoms with E-state index in [-0.39, 0.29) is 46.6 Å². The van der Waals surface area contributed by atoms with E-state index in [1.165, 1.54) is 25.1 Å². The molecule has 6 nitrogen and oxygen atoms in total. The Labute approximate surface area is 176 Å². The van der Waals surface area contributed by atoms with Crippen LogP contribution in [0.1, 0.15) is 23.6 Å². The van der Waals surface area contributed by atoms with Gasteiger partial charge in [0, 0.05) is 24.9 Å². The topological polar surface area (TPSA) is 85.6 Å². The van der Waals surface area contributed by atoms with Crippen LogP contribution in [0.25, 0.3) is 11.0 Å². The maximum atomic E-state index is 13.6. The molecule has 0 aliphatic rings. The molecular weight excluding hydrogens is 413 g/mol. The molecule has 1 heterocycles. The predicted octanol–water partition coefficient (Wildman–Crippen LogP) is 3.72. The summed E-state index contributed by atoms with van der Waals surface area (Å²) in [6.45, 7) is 3.15. The van der Waals surface area contributed by atoms with Gasteiger partial charge in [-0.1, -0.05) is 29.8 Å². The van der Waals surface area contributed by atoms with Crippen LogP contribution in [-0.4, -0.2) is 18.4 Å². The van der Waals surface area contributed by atoms with E-state index in [0.29, 0.717) is 22.9 Å². The van der Waals surface area contributed by atoms with Crippen LogP contribution >= 0.6 is 11.6 Å². The minimum absolute atomic E-state index is 0.0813. The van der Waals surface area contributed by atoms with Crippen molar-refractivity contribution in [2.24, 2.45) is 0 Å². The molecule has 1 amide bonds. The van der Waals surface area contributed by atoms with E-state index in [2.05, 4.69) is 5.32 Å². The van der Waals surface area contributed by atoms with Gasteiger partial charge in [-0.2, -0.15) is 0 Å². The summed E-state index contributed by atoms with van der Waals surface area (Å²) in [5.74, 6) is -1.19. The zero-order valence-corrected chi connectivity index (χ0v) is 17.1. The number of carbonyl (C=O) groups excluding carboxylic acids is 2. The standard InChI is InChI=1S/C22H19ClFNO5/c1-12-15-9-17(23)20(29-13(2)26)11-19(15)30-22(28)16(12)10-21(27)25-8-7-14-5-3-4-6-18(14)24/h3-6,9,11H,7-8,10H2,1-2H3,(H,25,27). The van der Waals surface area contributed by atoms with Crippen LogP contribution in [0, 0.1) is 12.7 Å². The molecule has 0 spiro atoms. The Morgan fingerprint density at radius 2 is 1.97 bits per heavy atom. The van der Waals surface area contributed by atoms with Crippen LogP contribution in [0.2, 0.25) is 5.02 Å². The van der Waals surface area contributed by atoms with Crippen molar-refractivity contribution in [1.29, 1.82) is 0 Å². The fourth-order valence-corrected chi connectivity index (χ4v) is 3.29. The largest absolute Gasteiger partial charge is 0.425 e. The molecule has 8 heteroatoms. The Morgan fingerprint density at radius 3 is 2.67 bits per heavy atom. The number of amides is 1. The van der Waals surface area contributed by atoms with E-state index < -0.39 is 11.6 Å². The summed E-state index contributed by atoms with van der Waals surface area (Å²) < 4.78 is 23.9. The van der Waals surface area contributed by atoms with Gasteiger partial charge in [0.05, 0.1) is 17.0 Å². The fourth-order valence-electron chi connectivity index (χ4n) is 3.09. The highest BCUT2D eigenvalue weighted by atomic mass is 35.5. The van der Waals surface area contributed by atoms with Gasteiger partial charge in [-0.05, 0) is 36.6 Å². The van der Waals surface area contributed by atoms with Crippen molar-refractivity contribution in [3.63, 3.8) is 0 Å². The van der Waals surface area contributed by atoms with Gasteiger partial charge in [-0.15, -0.1) is 0 Å². The first-order valence-electron chi connectivity index (χ1n) is 9.20. The average molecular weight is 432 g/mol. The number of hydrogen-bond donors (Lipinski definition) is 1. The number of benzene rings is 2. The molecule has 3 aromatic rings. The Kier molecular flexibility index (Phi) is 6.52. The van der Waals surface area contributed by atoms with Crippen molar-refractivity contribution in [2.45, 2.75) is 26.7 Å². The predicted molar refractivity (Wildman–Crippen MR) is 110 cm³/mol. The minimum atomic E-state index is -0.666. The third-order valence-corrected chi connectivity index (χ3v) is 4.90. The lowest BCUT2D eigenvalue weighted by Gasteiger charge is -2.11. The number of fused-ring (bicyclic) bond motifs is 1. The maximum Gasteiger partial charge on any atom is 0.340 e. The molecular formula is C22H19ClFNO5. The molecule has 156 valence electrons. The Bertz CT molecular complexity index is 1190. The number of aryl methyl sites for hydroxylation is 1. The van der Waals surface area contributed by atoms with E-state index in [9.17, 15) is 18.8 Å². The maximum absolute atomic E-state index is 13.6. The van der Waals surface area contributed by atoms with E-state index in [4.69, 9.17) is 20.8 Å². The van der Waals surface area contributed by atoms with Crippen LogP contribution < -0.4 is 15.7 Å². The van der Waals surface area contributed by atoms with Gasteiger partial charge < -0.3 is 14.5 Å². The van der Waals surface area contributed by atoms with Crippen LogP contribution in [-0.2, 0) is 22.4 Å². The van der Waals surface area contributed by atoms with Crippen LogP contribution in [0.15, 0.2) is 45.6 Å². The van der Waals surface area contributed by atoms with Crippen LogP contribution in [0.4, 0.5) is 4.39 Å². The Hall–Kier alpha value is -3.19. The molecule has 30 heavy (non-hydrogen) atoms. The summed E-state index contributed by atoms with van der Waals surface area (Å²) in [5.41, 5.74) is 0.767. The zero-order chi connectivity index (χ0) is 21.8. The van der Waals surface area contributed by atoms with Crippen LogP contribution in [0.5, 0.6) is 5.75 Å². The molecule has 0 unspecified atom stereocenters. The summed E-state index contributed by atoms with van der Waals surface area (Å²) in [5, 5.41) is 3.39. The van der Waals surface area contributed by atoms with Gasteiger partial charge in [-0.3, -0.25) is 9.59 Å². The molecule has 1 aromatic heterocycles. The summed E-state index contributed by atoms with van der Waals surface area (Å²) in [6, 6.07) is 9.22. The first kappa shape index (κ1) is 21.5. The summed E-state index contributed by atoms with van der Waals surface area (Å²) in [4.78, 5) is 35.9. The monoisotopic (exact) mass is 431 g/mol. The lowest BCUT2D eigenvalue weighted by Crippen LogP contribution is -2.29. The molecule has 0 bridgehead atoms. The van der Waals surface area contributed by atoms with E-state index in [1.54, 1.807) is 25.1 Å². The average Bonchev–Trinajstić information content (AvgIpc) is 2.68. The quantitative estimate of drug-likeness (QED) is 0.365. The number of esters is 1. The van der Waals surface area contributed by atoms with Gasteiger partial charge in [0.25, 0.3) is 0 Å². The van der Waals surface area contributed by atoms with Gasteiger partial charge >= 0.3 is 11.6 Å². The molecule has 1 N–H and O–H groups in total. The van der Waals surface area contributed by atoms with Gasteiger partial charge in [-0.25, -0.2) is 9.18 Å². The van der Waals surface area contributed by atoms with Crippen molar-refractivity contribution in [3.05, 3.63) is 74.3 Å². The smallest absolute Gasteiger partial charge is 0.340 e. The number of carbonyl (C=O) groups is 2. The number of ether oxygens (including phenoxy) is 1. The lowest BCUT2D eigenvalue weighted by atomic mass is 10.0. The number of rotatable bonds is 6. The van der Waals surface area contributed by atoms with Gasteiger partial charge in [0.1, 0.15) is 11.4 Å².